The molecule has 1 rings (SSSR count). The fourth-order valence-electron chi connectivity index (χ4n) is 2.16. The summed E-state index contributed by atoms with van der Waals surface area (Å²) >= 11 is 0. The van der Waals surface area contributed by atoms with Crippen molar-refractivity contribution >= 4 is 10.0 Å². The van der Waals surface area contributed by atoms with E-state index in [-0.39, 0.29) is 10.9 Å². The minimum absolute atomic E-state index is 0.0593. The third-order valence-corrected chi connectivity index (χ3v) is 5.40. The Morgan fingerprint density at radius 2 is 1.90 bits per heavy atom. The maximum Gasteiger partial charge on any atom is 0.243 e. The van der Waals surface area contributed by atoms with Crippen LogP contribution < -0.4 is 0 Å². The Morgan fingerprint density at radius 3 is 2.35 bits per heavy atom. The van der Waals surface area contributed by atoms with E-state index in [1.807, 2.05) is 13.0 Å². The van der Waals surface area contributed by atoms with Crippen LogP contribution in [0.15, 0.2) is 23.1 Å². The second kappa shape index (κ2) is 6.38. The molecule has 0 fully saturated rings. The molecule has 5 heteroatoms. The van der Waals surface area contributed by atoms with Crippen molar-refractivity contribution < 1.29 is 8.42 Å². The number of hydrogen-bond donors (Lipinski definition) is 0. The van der Waals surface area contributed by atoms with Crippen LogP contribution in [0.3, 0.4) is 0 Å². The average Bonchev–Trinajstić information content (AvgIpc) is 2.36. The summed E-state index contributed by atoms with van der Waals surface area (Å²) in [4.78, 5) is 0.243. The highest BCUT2D eigenvalue weighted by molar-refractivity contribution is 7.89. The molecule has 0 aliphatic carbocycles. The number of sulfonamides is 1. The lowest BCUT2D eigenvalue weighted by atomic mass is 10.1. The molecule has 0 aliphatic rings. The SMILES string of the molecule is Cc1cc(S(=O)(=O)N(C)C(C)CC(C)C)ccc1C#N. The summed E-state index contributed by atoms with van der Waals surface area (Å²) in [5, 5.41) is 8.90. The molecule has 0 radical (unpaired) electrons. The standard InChI is InChI=1S/C15H22N2O2S/c1-11(2)8-13(4)17(5)20(18,19)15-7-6-14(10-16)12(3)9-15/h6-7,9,11,13H,8H2,1-5H3. The van der Waals surface area contributed by atoms with Gasteiger partial charge in [0.1, 0.15) is 0 Å². The fourth-order valence-corrected chi connectivity index (χ4v) is 3.61. The van der Waals surface area contributed by atoms with E-state index in [9.17, 15) is 8.42 Å². The number of benzene rings is 1. The molecule has 0 N–H and O–H groups in total. The van der Waals surface area contributed by atoms with Crippen molar-refractivity contribution in [3.63, 3.8) is 0 Å². The van der Waals surface area contributed by atoms with Gasteiger partial charge in [-0.05, 0) is 49.9 Å². The van der Waals surface area contributed by atoms with E-state index in [4.69, 9.17) is 5.26 Å². The van der Waals surface area contributed by atoms with Crippen LogP contribution in [0.1, 0.15) is 38.3 Å². The third kappa shape index (κ3) is 3.59. The molecule has 1 aromatic carbocycles. The minimum atomic E-state index is -3.51. The molecule has 0 aromatic heterocycles. The molecule has 0 saturated carbocycles. The monoisotopic (exact) mass is 294 g/mol. The summed E-state index contributed by atoms with van der Waals surface area (Å²) in [6.07, 6.45) is 0.811. The zero-order valence-electron chi connectivity index (χ0n) is 12.7. The van der Waals surface area contributed by atoms with E-state index in [1.54, 1.807) is 26.1 Å². The number of nitriles is 1. The summed E-state index contributed by atoms with van der Waals surface area (Å²) in [5.41, 5.74) is 1.18. The van der Waals surface area contributed by atoms with Gasteiger partial charge in [0.25, 0.3) is 0 Å². The topological polar surface area (TPSA) is 61.2 Å². The first kappa shape index (κ1) is 16.7. The highest BCUT2D eigenvalue weighted by Crippen LogP contribution is 2.21. The lowest BCUT2D eigenvalue weighted by molar-refractivity contribution is 0.338. The highest BCUT2D eigenvalue weighted by Gasteiger charge is 2.26. The van der Waals surface area contributed by atoms with E-state index in [0.717, 1.165) is 6.42 Å². The Bertz CT molecular complexity index is 615. The van der Waals surface area contributed by atoms with Crippen LogP contribution in [0.5, 0.6) is 0 Å². The molecule has 1 aromatic rings. The molecule has 0 bridgehead atoms. The quantitative estimate of drug-likeness (QED) is 0.839. The van der Waals surface area contributed by atoms with Crippen molar-refractivity contribution in [2.45, 2.75) is 45.1 Å². The Morgan fingerprint density at radius 1 is 1.30 bits per heavy atom. The second-order valence-corrected chi connectivity index (χ2v) is 7.59. The number of hydrogen-bond acceptors (Lipinski definition) is 3. The fraction of sp³-hybridized carbons (Fsp3) is 0.533. The van der Waals surface area contributed by atoms with Crippen molar-refractivity contribution in [3.05, 3.63) is 29.3 Å². The van der Waals surface area contributed by atoms with Crippen molar-refractivity contribution in [1.29, 1.82) is 5.26 Å². The third-order valence-electron chi connectivity index (χ3n) is 3.43. The minimum Gasteiger partial charge on any atom is -0.207 e. The number of aryl methyl sites for hydroxylation is 1. The summed E-state index contributed by atoms with van der Waals surface area (Å²) in [6, 6.07) is 6.60. The van der Waals surface area contributed by atoms with Gasteiger partial charge in [0.2, 0.25) is 10.0 Å². The first-order chi connectivity index (χ1) is 9.20. The average molecular weight is 294 g/mol. The second-order valence-electron chi connectivity index (χ2n) is 5.59. The molecular weight excluding hydrogens is 272 g/mol. The zero-order chi connectivity index (χ0) is 15.5. The Balaban J connectivity index is 3.11. The molecule has 20 heavy (non-hydrogen) atoms. The van der Waals surface area contributed by atoms with Gasteiger partial charge in [-0.2, -0.15) is 9.57 Å². The van der Waals surface area contributed by atoms with E-state index in [2.05, 4.69) is 13.8 Å². The largest absolute Gasteiger partial charge is 0.243 e. The Labute approximate surface area is 122 Å². The number of rotatable bonds is 5. The van der Waals surface area contributed by atoms with Gasteiger partial charge in [0.05, 0.1) is 16.5 Å². The predicted molar refractivity (Wildman–Crippen MR) is 79.8 cm³/mol. The van der Waals surface area contributed by atoms with Crippen molar-refractivity contribution in [2.75, 3.05) is 7.05 Å². The molecular formula is C15H22N2O2S. The van der Waals surface area contributed by atoms with Gasteiger partial charge >= 0.3 is 0 Å². The van der Waals surface area contributed by atoms with Crippen LogP contribution in [-0.2, 0) is 10.0 Å². The first-order valence-electron chi connectivity index (χ1n) is 6.69. The van der Waals surface area contributed by atoms with Crippen LogP contribution in [0.2, 0.25) is 0 Å². The van der Waals surface area contributed by atoms with Crippen molar-refractivity contribution in [2.24, 2.45) is 5.92 Å². The maximum absolute atomic E-state index is 12.5. The smallest absolute Gasteiger partial charge is 0.207 e. The van der Waals surface area contributed by atoms with Crippen LogP contribution in [0.25, 0.3) is 0 Å². The highest BCUT2D eigenvalue weighted by atomic mass is 32.2. The molecule has 1 unspecified atom stereocenters. The van der Waals surface area contributed by atoms with Crippen molar-refractivity contribution in [1.82, 2.24) is 4.31 Å². The summed E-state index contributed by atoms with van der Waals surface area (Å²) < 4.78 is 26.5. The van der Waals surface area contributed by atoms with Crippen LogP contribution >= 0.6 is 0 Å². The molecule has 0 aliphatic heterocycles. The Hall–Kier alpha value is -1.38. The van der Waals surface area contributed by atoms with E-state index >= 15 is 0 Å². The predicted octanol–water partition coefficient (Wildman–Crippen LogP) is 2.92. The summed E-state index contributed by atoms with van der Waals surface area (Å²) in [7, 11) is -1.90. The van der Waals surface area contributed by atoms with Gasteiger partial charge in [-0.1, -0.05) is 13.8 Å². The summed E-state index contributed by atoms with van der Waals surface area (Å²) in [6.45, 7) is 7.80. The maximum atomic E-state index is 12.5. The van der Waals surface area contributed by atoms with Gasteiger partial charge in [-0.25, -0.2) is 8.42 Å². The first-order valence-corrected chi connectivity index (χ1v) is 8.13. The lowest BCUT2D eigenvalue weighted by Crippen LogP contribution is -2.35. The van der Waals surface area contributed by atoms with Crippen LogP contribution in [-0.4, -0.2) is 25.8 Å². The van der Waals surface area contributed by atoms with Gasteiger partial charge in [-0.3, -0.25) is 0 Å². The van der Waals surface area contributed by atoms with Gasteiger partial charge in [-0.15, -0.1) is 0 Å². The van der Waals surface area contributed by atoms with Crippen molar-refractivity contribution in [3.8, 4) is 6.07 Å². The summed E-state index contributed by atoms with van der Waals surface area (Å²) in [5.74, 6) is 0.436. The number of nitrogens with zero attached hydrogens (tertiary/aromatic N) is 2. The Kier molecular flexibility index (Phi) is 5.32. The normalized spacial score (nSPS) is 13.5. The zero-order valence-corrected chi connectivity index (χ0v) is 13.5. The molecule has 0 amide bonds. The lowest BCUT2D eigenvalue weighted by Gasteiger charge is -2.25. The van der Waals surface area contributed by atoms with Gasteiger partial charge in [0.15, 0.2) is 0 Å². The molecule has 0 heterocycles. The van der Waals surface area contributed by atoms with E-state index in [0.29, 0.717) is 17.0 Å². The molecule has 1 atom stereocenters. The van der Waals surface area contributed by atoms with Gasteiger partial charge < -0.3 is 0 Å². The molecule has 0 spiro atoms. The molecule has 0 saturated heterocycles. The van der Waals surface area contributed by atoms with E-state index < -0.39 is 10.0 Å². The molecule has 4 nitrogen and oxygen atoms in total. The van der Waals surface area contributed by atoms with E-state index in [1.165, 1.54) is 10.4 Å². The van der Waals surface area contributed by atoms with Crippen LogP contribution in [0, 0.1) is 24.2 Å². The van der Waals surface area contributed by atoms with Gasteiger partial charge in [0, 0.05) is 13.1 Å². The van der Waals surface area contributed by atoms with Crippen LogP contribution in [0.4, 0.5) is 0 Å². The molecule has 110 valence electrons.